The molecule has 0 aliphatic carbocycles. The van der Waals surface area contributed by atoms with Gasteiger partial charge in [0.05, 0.1) is 18.1 Å². The minimum atomic E-state index is -2.92. The second kappa shape index (κ2) is 5.70. The number of piperazine rings is 1. The molecule has 6 nitrogen and oxygen atoms in total. The fraction of sp³-hybridized carbons (Fsp3) is 0.786. The fourth-order valence-electron chi connectivity index (χ4n) is 3.57. The van der Waals surface area contributed by atoms with Crippen molar-refractivity contribution >= 4 is 9.84 Å². The summed E-state index contributed by atoms with van der Waals surface area (Å²) < 4.78 is 24.2. The third-order valence-corrected chi connectivity index (χ3v) is 6.11. The number of sulfone groups is 1. The van der Waals surface area contributed by atoms with Crippen LogP contribution in [-0.4, -0.2) is 71.4 Å². The Morgan fingerprint density at radius 3 is 2.57 bits per heavy atom. The molecular weight excluding hydrogens is 288 g/mol. The lowest BCUT2D eigenvalue weighted by Gasteiger charge is -2.44. The van der Waals surface area contributed by atoms with E-state index >= 15 is 0 Å². The van der Waals surface area contributed by atoms with Crippen LogP contribution in [0.5, 0.6) is 0 Å². The summed E-state index contributed by atoms with van der Waals surface area (Å²) in [6.45, 7) is 7.91. The number of fused-ring (bicyclic) bond motifs is 1. The SMILES string of the molecule is CC(C)CN1CCN(Cc2ncc[nH]2)[C@@H]2CS(=O)(=O)C[C@@H]21. The van der Waals surface area contributed by atoms with Gasteiger partial charge in [0.2, 0.25) is 0 Å². The lowest BCUT2D eigenvalue weighted by atomic mass is 10.0. The molecule has 2 fully saturated rings. The van der Waals surface area contributed by atoms with Crippen LogP contribution in [0, 0.1) is 5.92 Å². The molecule has 0 unspecified atom stereocenters. The molecule has 2 aliphatic rings. The van der Waals surface area contributed by atoms with E-state index in [9.17, 15) is 8.42 Å². The second-order valence-corrected chi connectivity index (χ2v) is 8.76. The summed E-state index contributed by atoms with van der Waals surface area (Å²) in [5, 5.41) is 0. The van der Waals surface area contributed by atoms with E-state index in [0.29, 0.717) is 18.2 Å². The summed E-state index contributed by atoms with van der Waals surface area (Å²) in [4.78, 5) is 12.0. The van der Waals surface area contributed by atoms with Crippen molar-refractivity contribution in [2.75, 3.05) is 31.1 Å². The number of rotatable bonds is 4. The van der Waals surface area contributed by atoms with Gasteiger partial charge in [0.25, 0.3) is 0 Å². The average Bonchev–Trinajstić information content (AvgIpc) is 2.98. The number of nitrogens with one attached hydrogen (secondary N) is 1. The Balaban J connectivity index is 1.77. The number of aromatic amines is 1. The lowest BCUT2D eigenvalue weighted by molar-refractivity contribution is 0.0324. The molecule has 0 saturated carbocycles. The standard InChI is InChI=1S/C14H24N4O2S/c1-11(2)7-17-5-6-18(8-14-15-3-4-16-14)13-10-21(19,20)9-12(13)17/h3-4,11-13H,5-10H2,1-2H3,(H,15,16)/t12-,13+/m0/s1. The molecule has 0 bridgehead atoms. The Bertz CT molecular complexity index is 570. The van der Waals surface area contributed by atoms with Crippen molar-refractivity contribution in [3.63, 3.8) is 0 Å². The average molecular weight is 312 g/mol. The summed E-state index contributed by atoms with van der Waals surface area (Å²) in [7, 11) is -2.92. The van der Waals surface area contributed by atoms with Gasteiger partial charge in [-0.25, -0.2) is 13.4 Å². The van der Waals surface area contributed by atoms with Gasteiger partial charge in [-0.05, 0) is 5.92 Å². The highest BCUT2D eigenvalue weighted by Crippen LogP contribution is 2.28. The topological polar surface area (TPSA) is 69.3 Å². The Kier molecular flexibility index (Phi) is 4.07. The van der Waals surface area contributed by atoms with Gasteiger partial charge >= 0.3 is 0 Å². The molecule has 21 heavy (non-hydrogen) atoms. The predicted octanol–water partition coefficient (Wildman–Crippen LogP) is 0.349. The van der Waals surface area contributed by atoms with Crippen molar-refractivity contribution < 1.29 is 8.42 Å². The Hall–Kier alpha value is -0.920. The summed E-state index contributed by atoms with van der Waals surface area (Å²) in [6.07, 6.45) is 3.56. The summed E-state index contributed by atoms with van der Waals surface area (Å²) in [5.41, 5.74) is 0. The third-order valence-electron chi connectivity index (χ3n) is 4.41. The van der Waals surface area contributed by atoms with Crippen molar-refractivity contribution in [1.82, 2.24) is 19.8 Å². The summed E-state index contributed by atoms with van der Waals surface area (Å²) in [6, 6.07) is 0.244. The number of aromatic nitrogens is 2. The van der Waals surface area contributed by atoms with E-state index in [4.69, 9.17) is 0 Å². The predicted molar refractivity (Wildman–Crippen MR) is 81.6 cm³/mol. The smallest absolute Gasteiger partial charge is 0.153 e. The number of hydrogen-bond acceptors (Lipinski definition) is 5. The molecule has 7 heteroatoms. The molecular formula is C14H24N4O2S. The van der Waals surface area contributed by atoms with Crippen LogP contribution in [0.2, 0.25) is 0 Å². The number of hydrogen-bond donors (Lipinski definition) is 1. The summed E-state index contributed by atoms with van der Waals surface area (Å²) >= 11 is 0. The molecule has 0 radical (unpaired) electrons. The molecule has 1 aromatic heterocycles. The second-order valence-electron chi connectivity index (χ2n) is 6.61. The molecule has 0 amide bonds. The molecule has 3 rings (SSSR count). The van der Waals surface area contributed by atoms with Gasteiger partial charge in [0, 0.05) is 44.1 Å². The minimum absolute atomic E-state index is 0.104. The van der Waals surface area contributed by atoms with Crippen LogP contribution in [0.3, 0.4) is 0 Å². The minimum Gasteiger partial charge on any atom is -0.348 e. The fourth-order valence-corrected chi connectivity index (χ4v) is 5.61. The first-order valence-corrected chi connectivity index (χ1v) is 9.43. The van der Waals surface area contributed by atoms with E-state index in [1.54, 1.807) is 6.20 Å². The zero-order valence-electron chi connectivity index (χ0n) is 12.7. The van der Waals surface area contributed by atoms with Crippen molar-refractivity contribution in [1.29, 1.82) is 0 Å². The highest BCUT2D eigenvalue weighted by Gasteiger charge is 2.46. The normalized spacial score (nSPS) is 29.9. The maximum Gasteiger partial charge on any atom is 0.153 e. The Labute approximate surface area is 126 Å². The van der Waals surface area contributed by atoms with Crippen molar-refractivity contribution in [2.45, 2.75) is 32.5 Å². The first-order valence-electron chi connectivity index (χ1n) is 7.61. The Morgan fingerprint density at radius 2 is 1.95 bits per heavy atom. The molecule has 3 heterocycles. The van der Waals surface area contributed by atoms with Crippen molar-refractivity contribution in [3.8, 4) is 0 Å². The molecule has 0 aromatic carbocycles. The van der Waals surface area contributed by atoms with E-state index in [-0.39, 0.29) is 17.8 Å². The van der Waals surface area contributed by atoms with E-state index < -0.39 is 9.84 Å². The van der Waals surface area contributed by atoms with E-state index in [1.807, 2.05) is 6.20 Å². The monoisotopic (exact) mass is 312 g/mol. The van der Waals surface area contributed by atoms with Crippen LogP contribution >= 0.6 is 0 Å². The third kappa shape index (κ3) is 3.30. The molecule has 0 spiro atoms. The highest BCUT2D eigenvalue weighted by molar-refractivity contribution is 7.91. The largest absolute Gasteiger partial charge is 0.348 e. The van der Waals surface area contributed by atoms with Crippen LogP contribution in [0.4, 0.5) is 0 Å². The zero-order chi connectivity index (χ0) is 15.0. The van der Waals surface area contributed by atoms with Crippen LogP contribution in [0.25, 0.3) is 0 Å². The maximum atomic E-state index is 12.1. The van der Waals surface area contributed by atoms with Crippen LogP contribution < -0.4 is 0 Å². The van der Waals surface area contributed by atoms with Crippen LogP contribution in [0.15, 0.2) is 12.4 Å². The first kappa shape index (κ1) is 15.0. The van der Waals surface area contributed by atoms with E-state index in [0.717, 1.165) is 25.5 Å². The van der Waals surface area contributed by atoms with Gasteiger partial charge in [0.15, 0.2) is 9.84 Å². The quantitative estimate of drug-likeness (QED) is 0.869. The lowest BCUT2D eigenvalue weighted by Crippen LogP contribution is -2.59. The highest BCUT2D eigenvalue weighted by atomic mass is 32.2. The molecule has 2 aliphatic heterocycles. The van der Waals surface area contributed by atoms with Gasteiger partial charge in [-0.15, -0.1) is 0 Å². The van der Waals surface area contributed by atoms with E-state index in [2.05, 4.69) is 33.6 Å². The van der Waals surface area contributed by atoms with Gasteiger partial charge < -0.3 is 4.98 Å². The number of imidazole rings is 1. The van der Waals surface area contributed by atoms with Gasteiger partial charge in [-0.3, -0.25) is 9.80 Å². The summed E-state index contributed by atoms with van der Waals surface area (Å²) in [5.74, 6) is 2.06. The maximum absolute atomic E-state index is 12.1. The Morgan fingerprint density at radius 1 is 1.29 bits per heavy atom. The van der Waals surface area contributed by atoms with Gasteiger partial charge in [-0.1, -0.05) is 13.8 Å². The first-order chi connectivity index (χ1) is 9.94. The molecule has 1 aromatic rings. The van der Waals surface area contributed by atoms with E-state index in [1.165, 1.54) is 0 Å². The van der Waals surface area contributed by atoms with Crippen LogP contribution in [0.1, 0.15) is 19.7 Å². The molecule has 1 N–H and O–H groups in total. The van der Waals surface area contributed by atoms with Crippen molar-refractivity contribution in [3.05, 3.63) is 18.2 Å². The number of H-pyrrole nitrogens is 1. The molecule has 2 atom stereocenters. The van der Waals surface area contributed by atoms with Crippen LogP contribution in [-0.2, 0) is 16.4 Å². The molecule has 118 valence electrons. The zero-order valence-corrected chi connectivity index (χ0v) is 13.5. The van der Waals surface area contributed by atoms with Crippen molar-refractivity contribution in [2.24, 2.45) is 5.92 Å². The van der Waals surface area contributed by atoms with Gasteiger partial charge in [-0.2, -0.15) is 0 Å². The van der Waals surface area contributed by atoms with Gasteiger partial charge in [0.1, 0.15) is 5.82 Å². The molecule has 2 saturated heterocycles. The number of nitrogens with zero attached hydrogens (tertiary/aromatic N) is 3.